The molecule has 1 unspecified atom stereocenters. The number of para-hydroxylation sites is 1. The van der Waals surface area contributed by atoms with Crippen molar-refractivity contribution in [3.8, 4) is 0 Å². The molecule has 2 amide bonds. The van der Waals surface area contributed by atoms with Gasteiger partial charge in [0.1, 0.15) is 5.82 Å². The van der Waals surface area contributed by atoms with Crippen molar-refractivity contribution in [1.29, 1.82) is 0 Å². The van der Waals surface area contributed by atoms with Crippen molar-refractivity contribution in [2.45, 2.75) is 25.7 Å². The summed E-state index contributed by atoms with van der Waals surface area (Å²) >= 11 is 0. The smallest absolute Gasteiger partial charge is 0.228 e. The molecule has 0 aliphatic carbocycles. The van der Waals surface area contributed by atoms with Crippen LogP contribution in [0.15, 0.2) is 24.3 Å². The maximum absolute atomic E-state index is 13.9. The molecule has 0 aromatic heterocycles. The predicted octanol–water partition coefficient (Wildman–Crippen LogP) is 2.03. The molecule has 1 aromatic rings. The van der Waals surface area contributed by atoms with E-state index in [0.29, 0.717) is 5.92 Å². The number of nitrogens with one attached hydrogen (secondary N) is 1. The fraction of sp³-hybridized carbons (Fsp3) is 0.579. The van der Waals surface area contributed by atoms with E-state index < -0.39 is 5.82 Å². The van der Waals surface area contributed by atoms with Gasteiger partial charge < -0.3 is 15.1 Å². The number of nitrogens with zero attached hydrogens (tertiary/aromatic N) is 2. The van der Waals surface area contributed by atoms with Gasteiger partial charge in [-0.2, -0.15) is 0 Å². The number of benzene rings is 1. The number of likely N-dealkylation sites (tertiary alicyclic amines) is 1. The first kappa shape index (κ1) is 17.9. The molecule has 25 heavy (non-hydrogen) atoms. The molecule has 0 saturated carbocycles. The van der Waals surface area contributed by atoms with Gasteiger partial charge in [-0.25, -0.2) is 4.39 Å². The predicted molar refractivity (Wildman–Crippen MR) is 94.7 cm³/mol. The third-order valence-electron chi connectivity index (χ3n) is 5.35. The molecule has 2 aliphatic rings. The van der Waals surface area contributed by atoms with Gasteiger partial charge in [-0.3, -0.25) is 9.59 Å². The van der Waals surface area contributed by atoms with Gasteiger partial charge in [-0.05, 0) is 50.9 Å². The van der Waals surface area contributed by atoms with E-state index in [0.717, 1.165) is 38.9 Å². The highest BCUT2D eigenvalue weighted by molar-refractivity contribution is 6.00. The van der Waals surface area contributed by atoms with Crippen LogP contribution in [0.2, 0.25) is 0 Å². The number of anilines is 1. The standard InChI is InChI=1S/C19H26FN3O2/c1-21-9-6-14-7-10-22(11-8-14)19(25)15-12-18(24)23(13-15)17-5-3-2-4-16(17)20/h2-5,14-15,21H,6-13H2,1H3. The van der Waals surface area contributed by atoms with E-state index in [1.165, 1.54) is 11.0 Å². The van der Waals surface area contributed by atoms with Crippen LogP contribution in [0, 0.1) is 17.7 Å². The Morgan fingerprint density at radius 2 is 2.00 bits per heavy atom. The summed E-state index contributed by atoms with van der Waals surface area (Å²) in [6.45, 7) is 2.81. The monoisotopic (exact) mass is 347 g/mol. The van der Waals surface area contributed by atoms with Crippen LogP contribution in [0.4, 0.5) is 10.1 Å². The molecule has 5 nitrogen and oxygen atoms in total. The molecular weight excluding hydrogens is 321 g/mol. The van der Waals surface area contributed by atoms with Crippen LogP contribution in [0.3, 0.4) is 0 Å². The zero-order valence-corrected chi connectivity index (χ0v) is 14.7. The van der Waals surface area contributed by atoms with Gasteiger partial charge in [0, 0.05) is 26.1 Å². The summed E-state index contributed by atoms with van der Waals surface area (Å²) < 4.78 is 13.9. The molecule has 1 atom stereocenters. The Bertz CT molecular complexity index is 629. The van der Waals surface area contributed by atoms with Crippen LogP contribution >= 0.6 is 0 Å². The van der Waals surface area contributed by atoms with E-state index in [4.69, 9.17) is 0 Å². The summed E-state index contributed by atoms with van der Waals surface area (Å²) in [6, 6.07) is 6.23. The Balaban J connectivity index is 1.58. The normalized spacial score (nSPS) is 21.8. The van der Waals surface area contributed by atoms with Crippen LogP contribution in [0.1, 0.15) is 25.7 Å². The molecule has 1 N–H and O–H groups in total. The maximum atomic E-state index is 13.9. The summed E-state index contributed by atoms with van der Waals surface area (Å²) in [7, 11) is 1.96. The van der Waals surface area contributed by atoms with Crippen molar-refractivity contribution in [2.24, 2.45) is 11.8 Å². The molecule has 6 heteroatoms. The SMILES string of the molecule is CNCCC1CCN(C(=O)C2CC(=O)N(c3ccccc3F)C2)CC1. The summed E-state index contributed by atoms with van der Waals surface area (Å²) in [5.41, 5.74) is 0.272. The number of hydrogen-bond acceptors (Lipinski definition) is 3. The molecular formula is C19H26FN3O2. The van der Waals surface area contributed by atoms with Crippen LogP contribution in [-0.2, 0) is 9.59 Å². The fourth-order valence-electron chi connectivity index (χ4n) is 3.83. The van der Waals surface area contributed by atoms with Crippen LogP contribution in [0.25, 0.3) is 0 Å². The molecule has 2 aliphatic heterocycles. The summed E-state index contributed by atoms with van der Waals surface area (Å²) in [5.74, 6) is -0.251. The average molecular weight is 347 g/mol. The van der Waals surface area contributed by atoms with Crippen molar-refractivity contribution in [1.82, 2.24) is 10.2 Å². The second-order valence-electron chi connectivity index (χ2n) is 7.02. The minimum Gasteiger partial charge on any atom is -0.342 e. The van der Waals surface area contributed by atoms with E-state index in [-0.39, 0.29) is 36.4 Å². The number of carbonyl (C=O) groups is 2. The number of rotatable bonds is 5. The number of halogens is 1. The van der Waals surface area contributed by atoms with Gasteiger partial charge in [0.25, 0.3) is 0 Å². The van der Waals surface area contributed by atoms with E-state index in [1.54, 1.807) is 18.2 Å². The van der Waals surface area contributed by atoms with Crippen molar-refractivity contribution in [2.75, 3.05) is 38.1 Å². The molecule has 3 rings (SSSR count). The number of piperidine rings is 1. The fourth-order valence-corrected chi connectivity index (χ4v) is 3.83. The van der Waals surface area contributed by atoms with Crippen LogP contribution in [0.5, 0.6) is 0 Å². The van der Waals surface area contributed by atoms with E-state index in [1.807, 2.05) is 11.9 Å². The van der Waals surface area contributed by atoms with Gasteiger partial charge in [-0.1, -0.05) is 12.1 Å². The first-order chi connectivity index (χ1) is 12.1. The number of carbonyl (C=O) groups excluding carboxylic acids is 2. The molecule has 136 valence electrons. The molecule has 2 fully saturated rings. The lowest BCUT2D eigenvalue weighted by Gasteiger charge is -2.33. The average Bonchev–Trinajstić information content (AvgIpc) is 3.02. The van der Waals surface area contributed by atoms with Crippen LogP contribution in [-0.4, -0.2) is 49.9 Å². The highest BCUT2D eigenvalue weighted by Gasteiger charge is 2.38. The number of amides is 2. The van der Waals surface area contributed by atoms with E-state index >= 15 is 0 Å². The summed E-state index contributed by atoms with van der Waals surface area (Å²) in [4.78, 5) is 28.3. The minimum atomic E-state index is -0.422. The van der Waals surface area contributed by atoms with Crippen molar-refractivity contribution in [3.63, 3.8) is 0 Å². The lowest BCUT2D eigenvalue weighted by molar-refractivity contribution is -0.137. The molecule has 0 radical (unpaired) electrons. The summed E-state index contributed by atoms with van der Waals surface area (Å²) in [6.07, 6.45) is 3.35. The van der Waals surface area contributed by atoms with Gasteiger partial charge in [0.2, 0.25) is 11.8 Å². The quantitative estimate of drug-likeness (QED) is 0.887. The molecule has 1 aromatic carbocycles. The highest BCUT2D eigenvalue weighted by atomic mass is 19.1. The Hall–Kier alpha value is -1.95. The Kier molecular flexibility index (Phi) is 5.68. The molecule has 2 heterocycles. The number of hydrogen-bond donors (Lipinski definition) is 1. The van der Waals surface area contributed by atoms with Gasteiger partial charge in [-0.15, -0.1) is 0 Å². The molecule has 0 spiro atoms. The van der Waals surface area contributed by atoms with E-state index in [2.05, 4.69) is 5.32 Å². The van der Waals surface area contributed by atoms with Gasteiger partial charge >= 0.3 is 0 Å². The van der Waals surface area contributed by atoms with Crippen molar-refractivity contribution in [3.05, 3.63) is 30.1 Å². The van der Waals surface area contributed by atoms with Crippen molar-refractivity contribution < 1.29 is 14.0 Å². The highest BCUT2D eigenvalue weighted by Crippen LogP contribution is 2.29. The molecule has 2 saturated heterocycles. The first-order valence-corrected chi connectivity index (χ1v) is 9.08. The summed E-state index contributed by atoms with van der Waals surface area (Å²) in [5, 5.41) is 3.17. The van der Waals surface area contributed by atoms with Gasteiger partial charge in [0.15, 0.2) is 0 Å². The van der Waals surface area contributed by atoms with Crippen molar-refractivity contribution >= 4 is 17.5 Å². The Labute approximate surface area is 148 Å². The zero-order chi connectivity index (χ0) is 17.8. The third kappa shape index (κ3) is 4.00. The largest absolute Gasteiger partial charge is 0.342 e. The van der Waals surface area contributed by atoms with E-state index in [9.17, 15) is 14.0 Å². The van der Waals surface area contributed by atoms with Crippen LogP contribution < -0.4 is 10.2 Å². The van der Waals surface area contributed by atoms with Gasteiger partial charge in [0.05, 0.1) is 11.6 Å². The maximum Gasteiger partial charge on any atom is 0.228 e. The first-order valence-electron chi connectivity index (χ1n) is 9.08. The third-order valence-corrected chi connectivity index (χ3v) is 5.35. The molecule has 0 bridgehead atoms. The zero-order valence-electron chi connectivity index (χ0n) is 14.7. The topological polar surface area (TPSA) is 52.7 Å². The Morgan fingerprint density at radius 3 is 2.68 bits per heavy atom. The second-order valence-corrected chi connectivity index (χ2v) is 7.02. The minimum absolute atomic E-state index is 0.0410. The second kappa shape index (κ2) is 7.95. The lowest BCUT2D eigenvalue weighted by Crippen LogP contribution is -2.42. The lowest BCUT2D eigenvalue weighted by atomic mass is 9.92. The Morgan fingerprint density at radius 1 is 1.28 bits per heavy atom.